The van der Waals surface area contributed by atoms with E-state index >= 15 is 0 Å². The smallest absolute Gasteiger partial charge is 0.410 e. The van der Waals surface area contributed by atoms with E-state index in [0.29, 0.717) is 5.56 Å². The summed E-state index contributed by atoms with van der Waals surface area (Å²) in [5, 5.41) is 16.9. The van der Waals surface area contributed by atoms with Crippen LogP contribution in [0.1, 0.15) is 12.0 Å². The maximum Gasteiger partial charge on any atom is 0.410 e. The van der Waals surface area contributed by atoms with Gasteiger partial charge < -0.3 is 19.8 Å². The topological polar surface area (TPSA) is 145 Å². The molecule has 1 fully saturated rings. The fourth-order valence-corrected chi connectivity index (χ4v) is 3.81. The zero-order chi connectivity index (χ0) is 20.7. The molecular weight excluding hydrogens is 392 g/mol. The van der Waals surface area contributed by atoms with Gasteiger partial charge in [0.25, 0.3) is 10.1 Å². The molecule has 0 saturated carbocycles. The minimum Gasteiger partial charge on any atom is -0.445 e. The lowest BCUT2D eigenvalue weighted by atomic mass is 10.2. The van der Waals surface area contributed by atoms with Crippen LogP contribution < -0.4 is 0 Å². The van der Waals surface area contributed by atoms with Crippen LogP contribution in [0.15, 0.2) is 30.3 Å². The lowest BCUT2D eigenvalue weighted by Crippen LogP contribution is -2.49. The standard InChI is InChI=1S/C17H24N2O8S/c20-8-6-18(7-9-21)16(22)15-10-14(28(24,25)26)11-19(15)17(23)27-12-13-4-2-1-3-5-13/h1-5,14-15,20-21H,6-12H2,(H,24,25,26)/t14-,15-/m0/s1. The first-order valence-electron chi connectivity index (χ1n) is 8.72. The van der Waals surface area contributed by atoms with E-state index in [1.54, 1.807) is 30.3 Å². The third-order valence-electron chi connectivity index (χ3n) is 4.46. The summed E-state index contributed by atoms with van der Waals surface area (Å²) < 4.78 is 37.6. The van der Waals surface area contributed by atoms with Crippen LogP contribution in [0, 0.1) is 0 Å². The summed E-state index contributed by atoms with van der Waals surface area (Å²) in [5.41, 5.74) is 0.714. The van der Waals surface area contributed by atoms with Crippen molar-refractivity contribution < 1.29 is 37.5 Å². The number of likely N-dealkylation sites (tertiary alicyclic amines) is 1. The van der Waals surface area contributed by atoms with E-state index < -0.39 is 40.0 Å². The Kier molecular flexibility index (Phi) is 7.75. The van der Waals surface area contributed by atoms with Crippen LogP contribution in [-0.4, -0.2) is 89.1 Å². The van der Waals surface area contributed by atoms with Crippen molar-refractivity contribution in [2.24, 2.45) is 0 Å². The van der Waals surface area contributed by atoms with Crippen molar-refractivity contribution in [2.45, 2.75) is 24.3 Å². The highest BCUT2D eigenvalue weighted by Gasteiger charge is 2.46. The number of hydrogen-bond donors (Lipinski definition) is 3. The van der Waals surface area contributed by atoms with Gasteiger partial charge in [0.1, 0.15) is 17.9 Å². The van der Waals surface area contributed by atoms with Gasteiger partial charge in [0.15, 0.2) is 0 Å². The number of benzene rings is 1. The molecular formula is C17H24N2O8S. The average Bonchev–Trinajstić information content (AvgIpc) is 3.12. The van der Waals surface area contributed by atoms with Gasteiger partial charge in [-0.25, -0.2) is 4.79 Å². The molecule has 0 unspecified atom stereocenters. The molecule has 3 N–H and O–H groups in total. The monoisotopic (exact) mass is 416 g/mol. The molecule has 1 aliphatic heterocycles. The Morgan fingerprint density at radius 1 is 1.14 bits per heavy atom. The summed E-state index contributed by atoms with van der Waals surface area (Å²) >= 11 is 0. The van der Waals surface area contributed by atoms with Crippen molar-refractivity contribution >= 4 is 22.1 Å². The van der Waals surface area contributed by atoms with Crippen LogP contribution in [0.3, 0.4) is 0 Å². The second-order valence-corrected chi connectivity index (χ2v) is 8.05. The van der Waals surface area contributed by atoms with Crippen molar-refractivity contribution in [3.05, 3.63) is 35.9 Å². The SMILES string of the molecule is O=C([C@@H]1C[C@H](S(=O)(=O)O)CN1C(=O)OCc1ccccc1)N(CCO)CCO. The Hall–Kier alpha value is -2.21. The molecule has 2 rings (SSSR count). The highest BCUT2D eigenvalue weighted by Crippen LogP contribution is 2.25. The lowest BCUT2D eigenvalue weighted by Gasteiger charge is -2.29. The van der Waals surface area contributed by atoms with E-state index in [1.807, 2.05) is 0 Å². The van der Waals surface area contributed by atoms with Gasteiger partial charge in [-0.05, 0) is 12.0 Å². The van der Waals surface area contributed by atoms with E-state index in [9.17, 15) is 22.6 Å². The number of ether oxygens (including phenoxy) is 1. The molecule has 1 aromatic carbocycles. The van der Waals surface area contributed by atoms with E-state index in [4.69, 9.17) is 14.9 Å². The number of amides is 2. The number of aliphatic hydroxyl groups excluding tert-OH is 2. The lowest BCUT2D eigenvalue weighted by molar-refractivity contribution is -0.136. The van der Waals surface area contributed by atoms with Crippen molar-refractivity contribution in [3.63, 3.8) is 0 Å². The molecule has 1 heterocycles. The Balaban J connectivity index is 2.16. The number of carbonyl (C=O) groups excluding carboxylic acids is 2. The van der Waals surface area contributed by atoms with Crippen LogP contribution in [0.5, 0.6) is 0 Å². The largest absolute Gasteiger partial charge is 0.445 e. The molecule has 10 nitrogen and oxygen atoms in total. The van der Waals surface area contributed by atoms with Gasteiger partial charge in [0, 0.05) is 19.6 Å². The van der Waals surface area contributed by atoms with E-state index in [0.717, 1.165) is 9.80 Å². The first-order chi connectivity index (χ1) is 13.3. The van der Waals surface area contributed by atoms with Crippen LogP contribution in [0.25, 0.3) is 0 Å². The van der Waals surface area contributed by atoms with Gasteiger partial charge in [-0.15, -0.1) is 0 Å². The van der Waals surface area contributed by atoms with Gasteiger partial charge in [0.05, 0.1) is 13.2 Å². The third-order valence-corrected chi connectivity index (χ3v) is 5.64. The van der Waals surface area contributed by atoms with Crippen LogP contribution in [-0.2, 0) is 26.3 Å². The predicted octanol–water partition coefficient (Wildman–Crippen LogP) is -0.533. The highest BCUT2D eigenvalue weighted by atomic mass is 32.2. The van der Waals surface area contributed by atoms with Crippen molar-refractivity contribution in [1.29, 1.82) is 0 Å². The number of carbonyl (C=O) groups is 2. The predicted molar refractivity (Wildman–Crippen MR) is 97.8 cm³/mol. The molecule has 156 valence electrons. The van der Waals surface area contributed by atoms with E-state index in [1.165, 1.54) is 0 Å². The maximum atomic E-state index is 12.8. The summed E-state index contributed by atoms with van der Waals surface area (Å²) in [6, 6.07) is 7.63. The fraction of sp³-hybridized carbons (Fsp3) is 0.529. The highest BCUT2D eigenvalue weighted by molar-refractivity contribution is 7.86. The first kappa shape index (κ1) is 22.1. The molecule has 1 aromatic rings. The number of rotatable bonds is 8. The normalized spacial score (nSPS) is 19.5. The molecule has 1 saturated heterocycles. The molecule has 2 atom stereocenters. The fourth-order valence-electron chi connectivity index (χ4n) is 3.04. The van der Waals surface area contributed by atoms with Crippen LogP contribution >= 0.6 is 0 Å². The molecule has 0 aliphatic carbocycles. The van der Waals surface area contributed by atoms with Crippen molar-refractivity contribution in [3.8, 4) is 0 Å². The van der Waals surface area contributed by atoms with Gasteiger partial charge >= 0.3 is 6.09 Å². The Morgan fingerprint density at radius 2 is 1.75 bits per heavy atom. The van der Waals surface area contributed by atoms with Gasteiger partial charge in [-0.1, -0.05) is 30.3 Å². The molecule has 0 radical (unpaired) electrons. The Labute approximate surface area is 163 Å². The minimum atomic E-state index is -4.47. The van der Waals surface area contributed by atoms with Gasteiger partial charge in [-0.2, -0.15) is 8.42 Å². The molecule has 1 aliphatic rings. The average molecular weight is 416 g/mol. The molecule has 0 bridgehead atoms. The first-order valence-corrected chi connectivity index (χ1v) is 10.2. The molecule has 0 spiro atoms. The molecule has 2 amide bonds. The second kappa shape index (κ2) is 9.82. The minimum absolute atomic E-state index is 0.0649. The molecule has 0 aromatic heterocycles. The molecule has 28 heavy (non-hydrogen) atoms. The summed E-state index contributed by atoms with van der Waals surface area (Å²) in [6.45, 7) is -1.35. The summed E-state index contributed by atoms with van der Waals surface area (Å²) in [6.07, 6.45) is -1.19. The van der Waals surface area contributed by atoms with Crippen molar-refractivity contribution in [1.82, 2.24) is 9.80 Å². The van der Waals surface area contributed by atoms with Crippen LogP contribution in [0.4, 0.5) is 4.79 Å². The summed E-state index contributed by atoms with van der Waals surface area (Å²) in [7, 11) is -4.47. The zero-order valence-electron chi connectivity index (χ0n) is 15.2. The molecule has 11 heteroatoms. The summed E-state index contributed by atoms with van der Waals surface area (Å²) in [4.78, 5) is 27.4. The summed E-state index contributed by atoms with van der Waals surface area (Å²) in [5.74, 6) is -0.633. The number of nitrogens with zero attached hydrogens (tertiary/aromatic N) is 2. The second-order valence-electron chi connectivity index (χ2n) is 6.35. The maximum absolute atomic E-state index is 12.8. The van der Waals surface area contributed by atoms with E-state index in [-0.39, 0.29) is 39.3 Å². The quantitative estimate of drug-likeness (QED) is 0.480. The Bertz CT molecular complexity index is 765. The Morgan fingerprint density at radius 3 is 2.29 bits per heavy atom. The van der Waals surface area contributed by atoms with Crippen molar-refractivity contribution in [2.75, 3.05) is 32.8 Å². The van der Waals surface area contributed by atoms with Gasteiger partial charge in [-0.3, -0.25) is 14.2 Å². The third kappa shape index (κ3) is 5.64. The zero-order valence-corrected chi connectivity index (χ0v) is 16.0. The number of aliphatic hydroxyl groups is 2. The van der Waals surface area contributed by atoms with Crippen LogP contribution in [0.2, 0.25) is 0 Å². The van der Waals surface area contributed by atoms with E-state index in [2.05, 4.69) is 0 Å². The number of hydrogen-bond acceptors (Lipinski definition) is 7. The van der Waals surface area contributed by atoms with Gasteiger partial charge in [0.2, 0.25) is 5.91 Å².